The Kier molecular flexibility index (Phi) is 5.06. The summed E-state index contributed by atoms with van der Waals surface area (Å²) >= 11 is 0. The summed E-state index contributed by atoms with van der Waals surface area (Å²) in [5.41, 5.74) is -0.765. The highest BCUT2D eigenvalue weighted by Crippen LogP contribution is 2.15. The first kappa shape index (κ1) is 17.5. The molecule has 1 N–H and O–H groups in total. The highest BCUT2D eigenvalue weighted by Gasteiger charge is 2.26. The SMILES string of the molecule is C[C@H](NS(=O)(=O)c1ccc(F)c(F)c1)C(=O)OC(C)(C)C. The Labute approximate surface area is 122 Å². The van der Waals surface area contributed by atoms with E-state index in [1.54, 1.807) is 20.8 Å². The lowest BCUT2D eigenvalue weighted by molar-refractivity contribution is -0.156. The zero-order valence-corrected chi connectivity index (χ0v) is 12.9. The molecule has 0 aliphatic carbocycles. The van der Waals surface area contributed by atoms with Crippen molar-refractivity contribution in [3.63, 3.8) is 0 Å². The number of halogens is 2. The number of carbonyl (C=O) groups is 1. The molecule has 0 fully saturated rings. The number of hydrogen-bond donors (Lipinski definition) is 1. The topological polar surface area (TPSA) is 72.5 Å². The van der Waals surface area contributed by atoms with Gasteiger partial charge < -0.3 is 4.74 Å². The first-order chi connectivity index (χ1) is 9.42. The van der Waals surface area contributed by atoms with Gasteiger partial charge in [0.25, 0.3) is 0 Å². The van der Waals surface area contributed by atoms with E-state index in [0.29, 0.717) is 12.1 Å². The van der Waals surface area contributed by atoms with Crippen LogP contribution in [0.3, 0.4) is 0 Å². The molecular formula is C13H17F2NO4S. The summed E-state index contributed by atoms with van der Waals surface area (Å²) in [6, 6.07) is 0.978. The maximum absolute atomic E-state index is 13.1. The van der Waals surface area contributed by atoms with Gasteiger partial charge in [-0.3, -0.25) is 4.79 Å². The summed E-state index contributed by atoms with van der Waals surface area (Å²) < 4.78 is 56.9. The van der Waals surface area contributed by atoms with E-state index in [9.17, 15) is 22.0 Å². The quantitative estimate of drug-likeness (QED) is 0.861. The minimum Gasteiger partial charge on any atom is -0.459 e. The molecule has 0 heterocycles. The molecule has 0 aromatic heterocycles. The molecule has 1 atom stereocenters. The van der Waals surface area contributed by atoms with E-state index in [4.69, 9.17) is 4.74 Å². The van der Waals surface area contributed by atoms with E-state index >= 15 is 0 Å². The molecule has 0 unspecified atom stereocenters. The van der Waals surface area contributed by atoms with Crippen LogP contribution in [-0.2, 0) is 19.6 Å². The molecule has 8 heteroatoms. The molecule has 0 radical (unpaired) electrons. The van der Waals surface area contributed by atoms with Gasteiger partial charge >= 0.3 is 5.97 Å². The first-order valence-corrected chi connectivity index (χ1v) is 7.61. The summed E-state index contributed by atoms with van der Waals surface area (Å²) in [6.07, 6.45) is 0. The van der Waals surface area contributed by atoms with E-state index in [-0.39, 0.29) is 0 Å². The smallest absolute Gasteiger partial charge is 0.324 e. The maximum Gasteiger partial charge on any atom is 0.324 e. The van der Waals surface area contributed by atoms with Crippen molar-refractivity contribution < 1.29 is 26.7 Å². The van der Waals surface area contributed by atoms with Crippen molar-refractivity contribution in [1.82, 2.24) is 4.72 Å². The van der Waals surface area contributed by atoms with E-state index in [0.717, 1.165) is 6.07 Å². The fraction of sp³-hybridized carbons (Fsp3) is 0.462. The zero-order valence-electron chi connectivity index (χ0n) is 12.1. The minimum atomic E-state index is -4.16. The van der Waals surface area contributed by atoms with Crippen LogP contribution in [0.2, 0.25) is 0 Å². The third kappa shape index (κ3) is 5.05. The summed E-state index contributed by atoms with van der Waals surface area (Å²) in [5, 5.41) is 0. The fourth-order valence-electron chi connectivity index (χ4n) is 1.38. The molecule has 0 spiro atoms. The average Bonchev–Trinajstić information content (AvgIpc) is 2.29. The lowest BCUT2D eigenvalue weighted by Crippen LogP contribution is -2.42. The van der Waals surface area contributed by atoms with Crippen molar-refractivity contribution in [2.24, 2.45) is 0 Å². The molecule has 0 aliphatic rings. The van der Waals surface area contributed by atoms with Crippen molar-refractivity contribution in [3.05, 3.63) is 29.8 Å². The fourth-order valence-corrected chi connectivity index (χ4v) is 2.59. The number of ether oxygens (including phenoxy) is 1. The molecule has 21 heavy (non-hydrogen) atoms. The van der Waals surface area contributed by atoms with Crippen molar-refractivity contribution >= 4 is 16.0 Å². The Balaban J connectivity index is 2.89. The second-order valence-electron chi connectivity index (χ2n) is 5.45. The van der Waals surface area contributed by atoms with Crippen LogP contribution in [0.4, 0.5) is 8.78 Å². The van der Waals surface area contributed by atoms with Gasteiger partial charge in [-0.05, 0) is 45.9 Å². The van der Waals surface area contributed by atoms with Crippen LogP contribution in [0, 0.1) is 11.6 Å². The van der Waals surface area contributed by atoms with Crippen molar-refractivity contribution in [2.75, 3.05) is 0 Å². The van der Waals surface area contributed by atoms with Gasteiger partial charge in [-0.25, -0.2) is 17.2 Å². The number of sulfonamides is 1. The Morgan fingerprint density at radius 2 is 1.81 bits per heavy atom. The highest BCUT2D eigenvalue weighted by molar-refractivity contribution is 7.89. The lowest BCUT2D eigenvalue weighted by Gasteiger charge is -2.22. The molecule has 0 saturated heterocycles. The Bertz CT molecular complexity index is 638. The van der Waals surface area contributed by atoms with Gasteiger partial charge in [-0.2, -0.15) is 4.72 Å². The number of esters is 1. The van der Waals surface area contributed by atoms with Gasteiger partial charge in [-0.15, -0.1) is 0 Å². The van der Waals surface area contributed by atoms with E-state index in [1.165, 1.54) is 6.92 Å². The maximum atomic E-state index is 13.1. The number of benzene rings is 1. The predicted molar refractivity (Wildman–Crippen MR) is 72.0 cm³/mol. The predicted octanol–water partition coefficient (Wildman–Crippen LogP) is 1.97. The van der Waals surface area contributed by atoms with E-state index < -0.39 is 44.2 Å². The second-order valence-corrected chi connectivity index (χ2v) is 7.17. The molecular weight excluding hydrogens is 304 g/mol. The van der Waals surface area contributed by atoms with Crippen molar-refractivity contribution in [3.8, 4) is 0 Å². The largest absolute Gasteiger partial charge is 0.459 e. The Morgan fingerprint density at radius 1 is 1.24 bits per heavy atom. The standard InChI is InChI=1S/C13H17F2NO4S/c1-8(12(17)20-13(2,3)4)16-21(18,19)9-5-6-10(14)11(15)7-9/h5-8,16H,1-4H3/t8-/m0/s1. The molecule has 0 aliphatic heterocycles. The Morgan fingerprint density at radius 3 is 2.29 bits per heavy atom. The number of carbonyl (C=O) groups excluding carboxylic acids is 1. The molecule has 5 nitrogen and oxygen atoms in total. The van der Waals surface area contributed by atoms with Crippen LogP contribution in [0.25, 0.3) is 0 Å². The lowest BCUT2D eigenvalue weighted by atomic mass is 10.2. The van der Waals surface area contributed by atoms with E-state index in [1.807, 2.05) is 0 Å². The normalized spacial score (nSPS) is 13.8. The molecule has 0 bridgehead atoms. The summed E-state index contributed by atoms with van der Waals surface area (Å²) in [6.45, 7) is 6.22. The van der Waals surface area contributed by atoms with Gasteiger partial charge in [0.2, 0.25) is 10.0 Å². The third-order valence-electron chi connectivity index (χ3n) is 2.29. The van der Waals surface area contributed by atoms with Crippen LogP contribution >= 0.6 is 0 Å². The van der Waals surface area contributed by atoms with E-state index in [2.05, 4.69) is 4.72 Å². The van der Waals surface area contributed by atoms with Gasteiger partial charge in [0.15, 0.2) is 11.6 Å². The van der Waals surface area contributed by atoms with Gasteiger partial charge in [0, 0.05) is 0 Å². The van der Waals surface area contributed by atoms with Gasteiger partial charge in [0.05, 0.1) is 4.90 Å². The number of hydrogen-bond acceptors (Lipinski definition) is 4. The summed E-state index contributed by atoms with van der Waals surface area (Å²) in [5.74, 6) is -3.22. The summed E-state index contributed by atoms with van der Waals surface area (Å²) in [4.78, 5) is 11.2. The first-order valence-electron chi connectivity index (χ1n) is 6.12. The second kappa shape index (κ2) is 6.07. The highest BCUT2D eigenvalue weighted by atomic mass is 32.2. The Hall–Kier alpha value is -1.54. The minimum absolute atomic E-state index is 0.475. The van der Waals surface area contributed by atoms with Crippen LogP contribution < -0.4 is 4.72 Å². The number of rotatable bonds is 4. The molecule has 1 rings (SSSR count). The monoisotopic (exact) mass is 321 g/mol. The molecule has 118 valence electrons. The van der Waals surface area contributed by atoms with Crippen LogP contribution in [0.1, 0.15) is 27.7 Å². The molecule has 0 amide bonds. The van der Waals surface area contributed by atoms with Gasteiger partial charge in [-0.1, -0.05) is 0 Å². The average molecular weight is 321 g/mol. The molecule has 0 saturated carbocycles. The summed E-state index contributed by atoms with van der Waals surface area (Å²) in [7, 11) is -4.16. The van der Waals surface area contributed by atoms with Crippen molar-refractivity contribution in [2.45, 2.75) is 44.2 Å². The van der Waals surface area contributed by atoms with Crippen molar-refractivity contribution in [1.29, 1.82) is 0 Å². The number of nitrogens with one attached hydrogen (secondary N) is 1. The molecule has 1 aromatic carbocycles. The zero-order chi connectivity index (χ0) is 16.4. The van der Waals surface area contributed by atoms with Gasteiger partial charge in [0.1, 0.15) is 11.6 Å². The van der Waals surface area contributed by atoms with Crippen LogP contribution in [0.15, 0.2) is 23.1 Å². The van der Waals surface area contributed by atoms with Crippen LogP contribution in [-0.4, -0.2) is 26.0 Å². The molecule has 1 aromatic rings. The van der Waals surface area contributed by atoms with Crippen LogP contribution in [0.5, 0.6) is 0 Å². The third-order valence-corrected chi connectivity index (χ3v) is 3.83.